The van der Waals surface area contributed by atoms with Crippen molar-refractivity contribution in [1.29, 1.82) is 0 Å². The maximum absolute atomic E-state index is 13.6. The fraction of sp³-hybridized carbons (Fsp3) is 0.241. The van der Waals surface area contributed by atoms with Gasteiger partial charge in [-0.2, -0.15) is 0 Å². The highest BCUT2D eigenvalue weighted by Crippen LogP contribution is 2.46. The number of nitrogens with zero attached hydrogens (tertiary/aromatic N) is 1. The molecule has 1 aromatic heterocycles. The van der Waals surface area contributed by atoms with Crippen LogP contribution >= 0.6 is 0 Å². The number of aromatic amines is 1. The molecule has 5 heteroatoms. The van der Waals surface area contributed by atoms with Gasteiger partial charge in [-0.3, -0.25) is 9.59 Å². The molecule has 2 N–H and O–H groups in total. The van der Waals surface area contributed by atoms with Gasteiger partial charge < -0.3 is 15.2 Å². The normalized spacial score (nSPS) is 19.4. The van der Waals surface area contributed by atoms with Gasteiger partial charge in [-0.1, -0.05) is 66.7 Å². The van der Waals surface area contributed by atoms with Crippen molar-refractivity contribution in [3.63, 3.8) is 0 Å². The molecule has 2 amide bonds. The van der Waals surface area contributed by atoms with E-state index in [0.29, 0.717) is 12.0 Å². The summed E-state index contributed by atoms with van der Waals surface area (Å²) in [7, 11) is 0. The van der Waals surface area contributed by atoms with Crippen LogP contribution < -0.4 is 5.32 Å². The lowest BCUT2D eigenvalue weighted by Crippen LogP contribution is -2.53. The summed E-state index contributed by atoms with van der Waals surface area (Å²) in [6.07, 6.45) is 2.25. The number of para-hydroxylation sites is 1. The first-order valence-electron chi connectivity index (χ1n) is 12.0. The van der Waals surface area contributed by atoms with Gasteiger partial charge in [0.05, 0.1) is 6.04 Å². The molecule has 3 atom stereocenters. The number of amides is 2. The van der Waals surface area contributed by atoms with Gasteiger partial charge in [0.15, 0.2) is 0 Å². The number of carbonyl (C=O) groups is 2. The second-order valence-electron chi connectivity index (χ2n) is 9.42. The van der Waals surface area contributed by atoms with Crippen LogP contribution in [0.1, 0.15) is 52.1 Å². The third kappa shape index (κ3) is 3.31. The molecule has 0 spiro atoms. The van der Waals surface area contributed by atoms with Crippen LogP contribution in [-0.4, -0.2) is 33.8 Å². The topological polar surface area (TPSA) is 65.2 Å². The molecule has 0 saturated heterocycles. The molecule has 4 aromatic rings. The van der Waals surface area contributed by atoms with Crippen LogP contribution in [0.25, 0.3) is 10.9 Å². The summed E-state index contributed by atoms with van der Waals surface area (Å²) < 4.78 is 0. The number of H-pyrrole nitrogens is 1. The third-order valence-electron chi connectivity index (χ3n) is 7.25. The summed E-state index contributed by atoms with van der Waals surface area (Å²) in [5.41, 5.74) is 6.12. The van der Waals surface area contributed by atoms with E-state index in [1.807, 2.05) is 61.5 Å². The smallest absolute Gasteiger partial charge is 0.255 e. The average Bonchev–Trinajstić information content (AvgIpc) is 3.38. The largest absolute Gasteiger partial charge is 0.356 e. The Balaban J connectivity index is 1.32. The molecular formula is C29H27N3O2. The van der Waals surface area contributed by atoms with Gasteiger partial charge in [0, 0.05) is 34.6 Å². The second kappa shape index (κ2) is 8.17. The third-order valence-corrected chi connectivity index (χ3v) is 7.25. The standard InChI is InChI=1S/C29H27N3O2/c1-18(15-16-19-9-3-2-4-10-19)30-28(33)25-17-23-20-11-7-8-14-24(20)31-26(23)27-21-12-5-6-13-22(21)29(34)32(25)27/h2-14,18,25,27,31H,15-17H2,1H3,(H,30,33)/t18-,25-,27+/m0/s1. The van der Waals surface area contributed by atoms with E-state index in [1.165, 1.54) is 5.56 Å². The minimum absolute atomic E-state index is 0.00982. The van der Waals surface area contributed by atoms with E-state index in [-0.39, 0.29) is 23.9 Å². The molecule has 0 bridgehead atoms. The second-order valence-corrected chi connectivity index (χ2v) is 9.42. The van der Waals surface area contributed by atoms with Gasteiger partial charge in [-0.15, -0.1) is 0 Å². The Labute approximate surface area is 198 Å². The lowest BCUT2D eigenvalue weighted by atomic mass is 9.89. The van der Waals surface area contributed by atoms with Gasteiger partial charge in [0.25, 0.3) is 5.91 Å². The van der Waals surface area contributed by atoms with Crippen molar-refractivity contribution in [2.24, 2.45) is 0 Å². The highest BCUT2D eigenvalue weighted by Gasteiger charge is 2.48. The van der Waals surface area contributed by atoms with E-state index < -0.39 is 6.04 Å². The van der Waals surface area contributed by atoms with Crippen LogP contribution in [0.4, 0.5) is 0 Å². The van der Waals surface area contributed by atoms with Gasteiger partial charge in [0.2, 0.25) is 5.91 Å². The number of carbonyl (C=O) groups excluding carboxylic acids is 2. The maximum atomic E-state index is 13.6. The summed E-state index contributed by atoms with van der Waals surface area (Å²) >= 11 is 0. The highest BCUT2D eigenvalue weighted by atomic mass is 16.2. The van der Waals surface area contributed by atoms with Crippen LogP contribution in [0.15, 0.2) is 78.9 Å². The number of fused-ring (bicyclic) bond motifs is 7. The van der Waals surface area contributed by atoms with Crippen molar-refractivity contribution in [3.8, 4) is 0 Å². The number of aryl methyl sites for hydroxylation is 1. The van der Waals surface area contributed by atoms with E-state index in [1.54, 1.807) is 4.90 Å². The number of aromatic nitrogens is 1. The molecule has 0 unspecified atom stereocenters. The SMILES string of the molecule is C[C@@H](CCc1ccccc1)NC(=O)[C@@H]1Cc2c([nH]c3ccccc23)[C@H]2c3ccccc3C(=O)N21. The Morgan fingerprint density at radius 3 is 2.62 bits per heavy atom. The van der Waals surface area contributed by atoms with Gasteiger partial charge in [0.1, 0.15) is 6.04 Å². The number of rotatable bonds is 5. The molecule has 0 radical (unpaired) electrons. The molecule has 34 heavy (non-hydrogen) atoms. The molecule has 0 fully saturated rings. The van der Waals surface area contributed by atoms with Crippen molar-refractivity contribution in [2.45, 2.75) is 44.3 Å². The molecule has 0 saturated carbocycles. The molecule has 5 nitrogen and oxygen atoms in total. The van der Waals surface area contributed by atoms with Crippen molar-refractivity contribution >= 4 is 22.7 Å². The van der Waals surface area contributed by atoms with Crippen LogP contribution in [0.5, 0.6) is 0 Å². The zero-order valence-electron chi connectivity index (χ0n) is 19.1. The zero-order valence-corrected chi connectivity index (χ0v) is 19.1. The lowest BCUT2D eigenvalue weighted by Gasteiger charge is -2.37. The van der Waals surface area contributed by atoms with Gasteiger partial charge >= 0.3 is 0 Å². The zero-order chi connectivity index (χ0) is 23.2. The van der Waals surface area contributed by atoms with Crippen molar-refractivity contribution in [2.75, 3.05) is 0 Å². The molecule has 2 aliphatic heterocycles. The number of benzene rings is 3. The first-order chi connectivity index (χ1) is 16.6. The molecule has 3 heterocycles. The number of hydrogen-bond acceptors (Lipinski definition) is 2. The summed E-state index contributed by atoms with van der Waals surface area (Å²) in [6, 6.07) is 25.4. The Hall–Kier alpha value is -3.86. The Morgan fingerprint density at radius 1 is 1.03 bits per heavy atom. The average molecular weight is 450 g/mol. The lowest BCUT2D eigenvalue weighted by molar-refractivity contribution is -0.127. The van der Waals surface area contributed by atoms with Crippen molar-refractivity contribution in [3.05, 3.63) is 107 Å². The van der Waals surface area contributed by atoms with Crippen LogP contribution in [0.3, 0.4) is 0 Å². The summed E-state index contributed by atoms with van der Waals surface area (Å²) in [4.78, 5) is 32.5. The molecule has 170 valence electrons. The first kappa shape index (κ1) is 20.7. The van der Waals surface area contributed by atoms with E-state index in [9.17, 15) is 9.59 Å². The Morgan fingerprint density at radius 2 is 1.76 bits per heavy atom. The summed E-state index contributed by atoms with van der Waals surface area (Å²) in [6.45, 7) is 2.04. The summed E-state index contributed by atoms with van der Waals surface area (Å²) in [5.74, 6) is -0.148. The quantitative estimate of drug-likeness (QED) is 0.461. The minimum Gasteiger partial charge on any atom is -0.356 e. The van der Waals surface area contributed by atoms with Crippen molar-refractivity contribution in [1.82, 2.24) is 15.2 Å². The fourth-order valence-corrected chi connectivity index (χ4v) is 5.58. The van der Waals surface area contributed by atoms with E-state index >= 15 is 0 Å². The van der Waals surface area contributed by atoms with Gasteiger partial charge in [-0.05, 0) is 48.6 Å². The maximum Gasteiger partial charge on any atom is 0.255 e. The minimum atomic E-state index is -0.546. The van der Waals surface area contributed by atoms with Gasteiger partial charge in [-0.25, -0.2) is 0 Å². The van der Waals surface area contributed by atoms with Crippen LogP contribution in [0.2, 0.25) is 0 Å². The molecule has 0 aliphatic carbocycles. The van der Waals surface area contributed by atoms with Crippen LogP contribution in [0, 0.1) is 0 Å². The summed E-state index contributed by atoms with van der Waals surface area (Å²) in [5, 5.41) is 4.34. The number of nitrogens with one attached hydrogen (secondary N) is 2. The first-order valence-corrected chi connectivity index (χ1v) is 12.0. The number of hydrogen-bond donors (Lipinski definition) is 2. The fourth-order valence-electron chi connectivity index (χ4n) is 5.58. The van der Waals surface area contributed by atoms with E-state index in [2.05, 4.69) is 34.6 Å². The predicted octanol–water partition coefficient (Wildman–Crippen LogP) is 4.78. The predicted molar refractivity (Wildman–Crippen MR) is 133 cm³/mol. The molecule has 6 rings (SSSR count). The monoisotopic (exact) mass is 449 g/mol. The highest BCUT2D eigenvalue weighted by molar-refractivity contribution is 6.03. The van der Waals surface area contributed by atoms with E-state index in [4.69, 9.17) is 0 Å². The molecule has 3 aromatic carbocycles. The Kier molecular flexibility index (Phi) is 4.98. The molecule has 2 aliphatic rings. The van der Waals surface area contributed by atoms with E-state index in [0.717, 1.165) is 40.6 Å². The van der Waals surface area contributed by atoms with Crippen LogP contribution in [-0.2, 0) is 17.6 Å². The van der Waals surface area contributed by atoms with Crippen molar-refractivity contribution < 1.29 is 9.59 Å². The Bertz CT molecular complexity index is 1390. The molecular weight excluding hydrogens is 422 g/mol.